The summed E-state index contributed by atoms with van der Waals surface area (Å²) in [6, 6.07) is 5.75. The van der Waals surface area contributed by atoms with Crippen LogP contribution < -0.4 is 0 Å². The Bertz CT molecular complexity index is 702. The maximum Gasteiger partial charge on any atom is 0.244 e. The molecule has 1 aliphatic rings. The molecule has 1 fully saturated rings. The van der Waals surface area contributed by atoms with Crippen LogP contribution in [0.25, 0.3) is 11.3 Å². The zero-order valence-electron chi connectivity index (χ0n) is 13.4. The van der Waals surface area contributed by atoms with E-state index >= 15 is 0 Å². The van der Waals surface area contributed by atoms with Gasteiger partial charge in [0, 0.05) is 24.8 Å². The van der Waals surface area contributed by atoms with Crippen LogP contribution in [0.4, 0.5) is 8.78 Å². The van der Waals surface area contributed by atoms with Crippen molar-refractivity contribution in [3.8, 4) is 17.0 Å². The third-order valence-electron chi connectivity index (χ3n) is 3.54. The fourth-order valence-electron chi connectivity index (χ4n) is 2.33. The summed E-state index contributed by atoms with van der Waals surface area (Å²) in [5.74, 6) is -1.11. The predicted octanol–water partition coefficient (Wildman–Crippen LogP) is 1.16. The number of hydrogen-bond donors (Lipinski definition) is 2. The number of carbonyl (C=O) groups is 1. The van der Waals surface area contributed by atoms with Gasteiger partial charge in [-0.05, 0) is 24.3 Å². The van der Waals surface area contributed by atoms with Crippen LogP contribution in [0.15, 0.2) is 30.5 Å². The average molecular weight is 355 g/mol. The lowest BCUT2D eigenvalue weighted by atomic mass is 10.1. The SMILES string of the molecule is O=C(Cn1ccc(-c2ccc(F)c(O)c2)n1)N1CCOCC1.OCF. The number of alkyl halides is 1. The van der Waals surface area contributed by atoms with Gasteiger partial charge in [-0.3, -0.25) is 9.48 Å². The molecule has 2 aromatic rings. The number of halogens is 2. The smallest absolute Gasteiger partial charge is 0.244 e. The van der Waals surface area contributed by atoms with Gasteiger partial charge in [0.05, 0.1) is 18.9 Å². The van der Waals surface area contributed by atoms with Crippen molar-refractivity contribution in [2.75, 3.05) is 33.2 Å². The molecule has 2 heterocycles. The summed E-state index contributed by atoms with van der Waals surface area (Å²) in [4.78, 5) is 13.9. The number of aliphatic hydroxyl groups excluding tert-OH is 1. The van der Waals surface area contributed by atoms with Crippen LogP contribution in [-0.4, -0.2) is 64.0 Å². The van der Waals surface area contributed by atoms with E-state index in [1.54, 1.807) is 17.2 Å². The molecule has 0 aliphatic carbocycles. The summed E-state index contributed by atoms with van der Waals surface area (Å²) in [6.07, 6.45) is 1.69. The molecule has 25 heavy (non-hydrogen) atoms. The summed E-state index contributed by atoms with van der Waals surface area (Å²) in [5, 5.41) is 20.6. The summed E-state index contributed by atoms with van der Waals surface area (Å²) < 4.78 is 29.7. The minimum Gasteiger partial charge on any atom is -0.505 e. The summed E-state index contributed by atoms with van der Waals surface area (Å²) in [7, 11) is 0. The van der Waals surface area contributed by atoms with Crippen molar-refractivity contribution in [1.82, 2.24) is 14.7 Å². The number of amides is 1. The minimum absolute atomic E-state index is 0.0140. The number of rotatable bonds is 3. The molecule has 0 spiro atoms. The Kier molecular flexibility index (Phi) is 6.84. The van der Waals surface area contributed by atoms with E-state index in [2.05, 4.69) is 5.10 Å². The Morgan fingerprint density at radius 1 is 1.28 bits per heavy atom. The van der Waals surface area contributed by atoms with Crippen molar-refractivity contribution in [3.05, 3.63) is 36.3 Å². The molecule has 2 N–H and O–H groups in total. The van der Waals surface area contributed by atoms with Crippen LogP contribution in [0.2, 0.25) is 0 Å². The lowest BCUT2D eigenvalue weighted by Crippen LogP contribution is -2.42. The minimum atomic E-state index is -1.25. The van der Waals surface area contributed by atoms with E-state index in [1.165, 1.54) is 22.9 Å². The normalized spacial score (nSPS) is 14.0. The molecule has 136 valence electrons. The van der Waals surface area contributed by atoms with Crippen molar-refractivity contribution >= 4 is 5.91 Å². The number of ether oxygens (including phenoxy) is 1. The first-order valence-corrected chi connectivity index (χ1v) is 7.60. The molecule has 0 bridgehead atoms. The van der Waals surface area contributed by atoms with Crippen LogP contribution in [-0.2, 0) is 16.1 Å². The Labute approximate surface area is 143 Å². The van der Waals surface area contributed by atoms with Gasteiger partial charge in [-0.15, -0.1) is 0 Å². The fourth-order valence-corrected chi connectivity index (χ4v) is 2.33. The number of aliphatic hydroxyl groups is 1. The third kappa shape index (κ3) is 5.23. The number of phenolic OH excluding ortho intramolecular Hbond substituents is 1. The van der Waals surface area contributed by atoms with Crippen molar-refractivity contribution in [2.45, 2.75) is 6.54 Å². The third-order valence-corrected chi connectivity index (χ3v) is 3.54. The molecule has 1 aromatic heterocycles. The van der Waals surface area contributed by atoms with Crippen LogP contribution >= 0.6 is 0 Å². The number of phenols is 1. The number of nitrogens with zero attached hydrogens (tertiary/aromatic N) is 3. The van der Waals surface area contributed by atoms with Crippen molar-refractivity contribution in [3.63, 3.8) is 0 Å². The zero-order valence-corrected chi connectivity index (χ0v) is 13.4. The number of hydrogen-bond acceptors (Lipinski definition) is 5. The molecule has 0 saturated carbocycles. The Hall–Kier alpha value is -2.52. The van der Waals surface area contributed by atoms with Gasteiger partial charge in [-0.2, -0.15) is 5.10 Å². The molecule has 1 amide bonds. The number of aromatic nitrogens is 2. The number of morpholine rings is 1. The van der Waals surface area contributed by atoms with Gasteiger partial charge in [0.2, 0.25) is 5.91 Å². The van der Waals surface area contributed by atoms with Crippen LogP contribution in [0.5, 0.6) is 5.75 Å². The first kappa shape index (κ1) is 18.8. The lowest BCUT2D eigenvalue weighted by Gasteiger charge is -2.26. The van der Waals surface area contributed by atoms with E-state index < -0.39 is 18.4 Å². The van der Waals surface area contributed by atoms with Gasteiger partial charge >= 0.3 is 0 Å². The topological polar surface area (TPSA) is 87.8 Å². The molecule has 0 unspecified atom stereocenters. The van der Waals surface area contributed by atoms with E-state index in [1.807, 2.05) is 0 Å². The van der Waals surface area contributed by atoms with Gasteiger partial charge in [-0.1, -0.05) is 0 Å². The molecule has 9 heteroatoms. The highest BCUT2D eigenvalue weighted by Gasteiger charge is 2.17. The van der Waals surface area contributed by atoms with Crippen LogP contribution in [0.1, 0.15) is 0 Å². The van der Waals surface area contributed by atoms with E-state index in [9.17, 15) is 18.7 Å². The second-order valence-corrected chi connectivity index (χ2v) is 5.18. The monoisotopic (exact) mass is 355 g/mol. The van der Waals surface area contributed by atoms with Gasteiger partial charge < -0.3 is 19.8 Å². The molecule has 1 aliphatic heterocycles. The van der Waals surface area contributed by atoms with Crippen LogP contribution in [0, 0.1) is 5.82 Å². The van der Waals surface area contributed by atoms with E-state index in [-0.39, 0.29) is 12.5 Å². The largest absolute Gasteiger partial charge is 0.505 e. The molecule has 1 saturated heterocycles. The molecule has 0 atom stereocenters. The molecule has 1 aromatic carbocycles. The lowest BCUT2D eigenvalue weighted by molar-refractivity contribution is -0.136. The Balaban J connectivity index is 0.000000701. The maximum atomic E-state index is 13.1. The predicted molar refractivity (Wildman–Crippen MR) is 84.9 cm³/mol. The standard InChI is InChI=1S/C15H16FN3O3.CH3FO/c16-12-2-1-11(9-14(12)20)13-3-4-19(17-13)10-15(21)18-5-7-22-8-6-18;2-1-3/h1-4,9,20H,5-8,10H2;3H,1H2. The molecular formula is C16H19F2N3O4. The highest BCUT2D eigenvalue weighted by molar-refractivity contribution is 5.76. The highest BCUT2D eigenvalue weighted by Crippen LogP contribution is 2.24. The number of carbonyl (C=O) groups excluding carboxylic acids is 1. The highest BCUT2D eigenvalue weighted by atomic mass is 19.1. The van der Waals surface area contributed by atoms with Gasteiger partial charge in [0.25, 0.3) is 0 Å². The quantitative estimate of drug-likeness (QED) is 0.863. The second-order valence-electron chi connectivity index (χ2n) is 5.18. The Morgan fingerprint density at radius 2 is 1.96 bits per heavy atom. The van der Waals surface area contributed by atoms with E-state index in [0.717, 1.165) is 0 Å². The van der Waals surface area contributed by atoms with Crippen molar-refractivity contribution in [1.29, 1.82) is 0 Å². The van der Waals surface area contributed by atoms with E-state index in [0.29, 0.717) is 37.6 Å². The first-order chi connectivity index (χ1) is 12.0. The number of aromatic hydroxyl groups is 1. The maximum absolute atomic E-state index is 13.1. The Morgan fingerprint density at radius 3 is 2.60 bits per heavy atom. The fraction of sp³-hybridized carbons (Fsp3) is 0.375. The van der Waals surface area contributed by atoms with Gasteiger partial charge in [0.15, 0.2) is 18.4 Å². The van der Waals surface area contributed by atoms with Crippen molar-refractivity contribution < 1.29 is 28.5 Å². The molecule has 7 nitrogen and oxygen atoms in total. The molecule has 0 radical (unpaired) electrons. The van der Waals surface area contributed by atoms with Crippen molar-refractivity contribution in [2.24, 2.45) is 0 Å². The van der Waals surface area contributed by atoms with Crippen LogP contribution in [0.3, 0.4) is 0 Å². The molecule has 3 rings (SSSR count). The summed E-state index contributed by atoms with van der Waals surface area (Å²) in [6.45, 7) is 1.21. The second kappa shape index (κ2) is 9.09. The zero-order chi connectivity index (χ0) is 18.2. The number of benzene rings is 1. The summed E-state index contributed by atoms with van der Waals surface area (Å²) >= 11 is 0. The van der Waals surface area contributed by atoms with Gasteiger partial charge in [-0.25, -0.2) is 8.78 Å². The molecular weight excluding hydrogens is 336 g/mol. The van der Waals surface area contributed by atoms with Gasteiger partial charge in [0.1, 0.15) is 6.54 Å². The van der Waals surface area contributed by atoms with E-state index in [4.69, 9.17) is 9.84 Å². The first-order valence-electron chi connectivity index (χ1n) is 7.60. The average Bonchev–Trinajstić information content (AvgIpc) is 3.07. The summed E-state index contributed by atoms with van der Waals surface area (Å²) in [5.41, 5.74) is 1.17.